The van der Waals surface area contributed by atoms with Crippen LogP contribution in [0.15, 0.2) is 83.7 Å². The average Bonchev–Trinajstić information content (AvgIpc) is 3.18. The zero-order valence-corrected chi connectivity index (χ0v) is 18.9. The van der Waals surface area contributed by atoms with Gasteiger partial charge in [0.05, 0.1) is 15.8 Å². The van der Waals surface area contributed by atoms with Gasteiger partial charge < -0.3 is 4.74 Å². The lowest BCUT2D eigenvalue weighted by atomic mass is 10.2. The molecule has 0 atom stereocenters. The van der Waals surface area contributed by atoms with E-state index in [9.17, 15) is 14.0 Å². The van der Waals surface area contributed by atoms with E-state index in [4.69, 9.17) is 17.0 Å². The quantitative estimate of drug-likeness (QED) is 0.245. The number of rotatable bonds is 5. The zero-order valence-electron chi connectivity index (χ0n) is 17.2. The van der Waals surface area contributed by atoms with Crippen LogP contribution in [-0.4, -0.2) is 14.9 Å². The number of carbonyl (C=O) groups excluding carboxylic acids is 1. The number of fused-ring (bicyclic) bond motifs is 3. The van der Waals surface area contributed by atoms with Crippen molar-refractivity contribution in [2.45, 2.75) is 13.2 Å². The predicted molar refractivity (Wildman–Crippen MR) is 130 cm³/mol. The molecule has 5 nitrogen and oxygen atoms in total. The van der Waals surface area contributed by atoms with E-state index in [0.717, 1.165) is 5.56 Å². The van der Waals surface area contributed by atoms with Gasteiger partial charge in [-0.05, 0) is 47.6 Å². The molecular formula is C25H17FN2O3S2. The number of carbonyl (C=O) groups is 1. The summed E-state index contributed by atoms with van der Waals surface area (Å²) >= 11 is 6.94. The molecule has 0 spiro atoms. The van der Waals surface area contributed by atoms with E-state index in [-0.39, 0.29) is 24.5 Å². The van der Waals surface area contributed by atoms with Crippen molar-refractivity contribution in [3.63, 3.8) is 0 Å². The lowest BCUT2D eigenvalue weighted by molar-refractivity contribution is -0.145. The van der Waals surface area contributed by atoms with Crippen LogP contribution in [0.3, 0.4) is 0 Å². The van der Waals surface area contributed by atoms with Crippen LogP contribution in [0.4, 0.5) is 4.39 Å². The van der Waals surface area contributed by atoms with Crippen LogP contribution in [0, 0.1) is 9.77 Å². The maximum atomic E-state index is 13.5. The SMILES string of the molecule is O=C(Cn1c(=O)c2ccccc2n2c(=S)sc(-c3ccc(F)cc3)c12)OCc1ccccc1. The maximum Gasteiger partial charge on any atom is 0.326 e. The molecule has 5 aromatic rings. The van der Waals surface area contributed by atoms with Crippen LogP contribution < -0.4 is 5.56 Å². The van der Waals surface area contributed by atoms with Crippen molar-refractivity contribution in [1.29, 1.82) is 0 Å². The van der Waals surface area contributed by atoms with Gasteiger partial charge in [0.1, 0.15) is 24.6 Å². The number of nitrogens with zero attached hydrogens (tertiary/aromatic N) is 2. The number of aromatic nitrogens is 2. The third-order valence-corrected chi connectivity index (χ3v) is 6.71. The van der Waals surface area contributed by atoms with Crippen molar-refractivity contribution < 1.29 is 13.9 Å². The number of para-hydroxylation sites is 1. The van der Waals surface area contributed by atoms with Crippen molar-refractivity contribution in [1.82, 2.24) is 8.97 Å². The van der Waals surface area contributed by atoms with E-state index in [1.807, 2.05) is 42.5 Å². The predicted octanol–water partition coefficient (Wildman–Crippen LogP) is 5.59. The zero-order chi connectivity index (χ0) is 22.9. The molecule has 0 aliphatic rings. The van der Waals surface area contributed by atoms with Crippen molar-refractivity contribution in [3.05, 3.63) is 105 Å². The molecular weight excluding hydrogens is 459 g/mol. The van der Waals surface area contributed by atoms with E-state index in [1.165, 1.54) is 28.0 Å². The highest BCUT2D eigenvalue weighted by Gasteiger charge is 2.20. The smallest absolute Gasteiger partial charge is 0.326 e. The Morgan fingerprint density at radius 2 is 1.67 bits per heavy atom. The largest absolute Gasteiger partial charge is 0.459 e. The molecule has 0 bridgehead atoms. The summed E-state index contributed by atoms with van der Waals surface area (Å²) in [6.45, 7) is -0.168. The van der Waals surface area contributed by atoms with E-state index >= 15 is 0 Å². The molecule has 0 unspecified atom stereocenters. The Morgan fingerprint density at radius 3 is 2.42 bits per heavy atom. The average molecular weight is 477 g/mol. The Kier molecular flexibility index (Phi) is 5.62. The minimum Gasteiger partial charge on any atom is -0.459 e. The first-order valence-corrected chi connectivity index (χ1v) is 11.4. The second-order valence-electron chi connectivity index (χ2n) is 7.42. The molecule has 5 rings (SSSR count). The Morgan fingerprint density at radius 1 is 0.970 bits per heavy atom. The number of esters is 1. The second-order valence-corrected chi connectivity index (χ2v) is 9.06. The topological polar surface area (TPSA) is 52.7 Å². The Labute approximate surface area is 196 Å². The van der Waals surface area contributed by atoms with E-state index < -0.39 is 5.97 Å². The van der Waals surface area contributed by atoms with E-state index in [0.29, 0.717) is 30.9 Å². The Balaban J connectivity index is 1.66. The summed E-state index contributed by atoms with van der Waals surface area (Å²) in [5.74, 6) is -0.904. The monoisotopic (exact) mass is 476 g/mol. The summed E-state index contributed by atoms with van der Waals surface area (Å²) in [5.41, 5.74) is 2.37. The fourth-order valence-electron chi connectivity index (χ4n) is 3.76. The van der Waals surface area contributed by atoms with E-state index in [1.54, 1.807) is 28.7 Å². The van der Waals surface area contributed by atoms with Gasteiger partial charge in [-0.1, -0.05) is 54.6 Å². The summed E-state index contributed by atoms with van der Waals surface area (Å²) in [6, 6.07) is 22.4. The first-order valence-electron chi connectivity index (χ1n) is 10.2. The second kappa shape index (κ2) is 8.73. The lowest BCUT2D eigenvalue weighted by Gasteiger charge is -2.13. The van der Waals surface area contributed by atoms with Crippen molar-refractivity contribution in [2.24, 2.45) is 0 Å². The minimum absolute atomic E-state index is 0.110. The van der Waals surface area contributed by atoms with E-state index in [2.05, 4.69) is 0 Å². The minimum atomic E-state index is -0.541. The standard InChI is InChI=1S/C25H17FN2O3S2/c26-18-12-10-17(11-13-18)22-23-27(14-21(29)31-15-16-6-2-1-3-7-16)24(30)19-8-4-5-9-20(19)28(23)25(32)33-22/h1-13H,14-15H2. The van der Waals surface area contributed by atoms with Crippen LogP contribution in [0.5, 0.6) is 0 Å². The van der Waals surface area contributed by atoms with Gasteiger partial charge in [-0.15, -0.1) is 11.3 Å². The van der Waals surface area contributed by atoms with Crippen molar-refractivity contribution in [2.75, 3.05) is 0 Å². The normalized spacial score (nSPS) is 11.2. The van der Waals surface area contributed by atoms with Gasteiger partial charge in [0.25, 0.3) is 5.56 Å². The Hall–Kier alpha value is -3.62. The highest BCUT2D eigenvalue weighted by atomic mass is 32.1. The molecule has 33 heavy (non-hydrogen) atoms. The van der Waals surface area contributed by atoms with Crippen LogP contribution >= 0.6 is 23.6 Å². The Bertz CT molecular complexity index is 1600. The summed E-state index contributed by atoms with van der Waals surface area (Å²) < 4.78 is 22.7. The van der Waals surface area contributed by atoms with Gasteiger partial charge >= 0.3 is 5.97 Å². The van der Waals surface area contributed by atoms with Crippen LogP contribution in [0.1, 0.15) is 5.56 Å². The van der Waals surface area contributed by atoms with Gasteiger partial charge in [0.15, 0.2) is 3.95 Å². The number of halogens is 1. The molecule has 0 aliphatic heterocycles. The van der Waals surface area contributed by atoms with Gasteiger partial charge in [0, 0.05) is 0 Å². The molecule has 8 heteroatoms. The fraction of sp³-hybridized carbons (Fsp3) is 0.0800. The number of ether oxygens (including phenoxy) is 1. The molecule has 0 aliphatic carbocycles. The van der Waals surface area contributed by atoms with Crippen LogP contribution in [0.25, 0.3) is 27.0 Å². The van der Waals surface area contributed by atoms with Crippen LogP contribution in [0.2, 0.25) is 0 Å². The van der Waals surface area contributed by atoms with Gasteiger partial charge in [-0.3, -0.25) is 18.6 Å². The van der Waals surface area contributed by atoms with Crippen molar-refractivity contribution in [3.8, 4) is 10.4 Å². The summed E-state index contributed by atoms with van der Waals surface area (Å²) in [6.07, 6.45) is 0. The third kappa shape index (κ3) is 3.99. The molecule has 2 aromatic heterocycles. The molecule has 0 radical (unpaired) electrons. The fourth-order valence-corrected chi connectivity index (χ4v) is 5.19. The summed E-state index contributed by atoms with van der Waals surface area (Å²) in [4.78, 5) is 26.9. The first-order chi connectivity index (χ1) is 16.0. The third-order valence-electron chi connectivity index (χ3n) is 5.30. The molecule has 0 saturated heterocycles. The summed E-state index contributed by atoms with van der Waals surface area (Å²) in [5, 5.41) is 0.445. The number of hydrogen-bond acceptors (Lipinski definition) is 5. The van der Waals surface area contributed by atoms with Gasteiger partial charge in [-0.25, -0.2) is 4.39 Å². The number of thiazole rings is 1. The molecule has 3 aromatic carbocycles. The van der Waals surface area contributed by atoms with Gasteiger partial charge in [0.2, 0.25) is 0 Å². The molecule has 164 valence electrons. The van der Waals surface area contributed by atoms with Crippen molar-refractivity contribution >= 4 is 46.1 Å². The highest BCUT2D eigenvalue weighted by Crippen LogP contribution is 2.33. The number of benzene rings is 3. The number of hydrogen-bond donors (Lipinski definition) is 0. The molecule has 0 fully saturated rings. The highest BCUT2D eigenvalue weighted by molar-refractivity contribution is 7.73. The summed E-state index contributed by atoms with van der Waals surface area (Å²) in [7, 11) is 0. The molecule has 0 N–H and O–H groups in total. The molecule has 0 saturated carbocycles. The first kappa shape index (κ1) is 21.2. The van der Waals surface area contributed by atoms with Gasteiger partial charge in [-0.2, -0.15) is 0 Å². The lowest BCUT2D eigenvalue weighted by Crippen LogP contribution is -2.27. The van der Waals surface area contributed by atoms with Crippen LogP contribution in [-0.2, 0) is 22.7 Å². The maximum absolute atomic E-state index is 13.5. The molecule has 0 amide bonds. The molecule has 2 heterocycles.